The van der Waals surface area contributed by atoms with E-state index in [4.69, 9.17) is 9.47 Å². The van der Waals surface area contributed by atoms with Crippen molar-refractivity contribution in [2.75, 3.05) is 13.7 Å². The number of nitrogens with one attached hydrogen (secondary N) is 1. The maximum absolute atomic E-state index is 13.5. The molecule has 2 aromatic heterocycles. The third kappa shape index (κ3) is 5.46. The lowest BCUT2D eigenvalue weighted by atomic mass is 9.91. The second-order valence-corrected chi connectivity index (χ2v) is 8.81. The molecule has 0 saturated carbocycles. The van der Waals surface area contributed by atoms with Crippen molar-refractivity contribution >= 4 is 11.7 Å². The number of ketones is 1. The van der Waals surface area contributed by atoms with Crippen LogP contribution < -0.4 is 10.1 Å². The monoisotopic (exact) mass is 475 g/mol. The van der Waals surface area contributed by atoms with E-state index >= 15 is 0 Å². The number of ether oxygens (including phenoxy) is 2. The Morgan fingerprint density at radius 1 is 1.11 bits per heavy atom. The summed E-state index contributed by atoms with van der Waals surface area (Å²) in [7, 11) is 1.58. The van der Waals surface area contributed by atoms with Gasteiger partial charge in [-0.1, -0.05) is 50.2 Å². The normalized spacial score (nSPS) is 14.6. The fraction of sp³-hybridized carbons (Fsp3) is 0.393. The zero-order valence-electron chi connectivity index (χ0n) is 20.6. The first-order valence-corrected chi connectivity index (χ1v) is 12.2. The van der Waals surface area contributed by atoms with Gasteiger partial charge in [0.15, 0.2) is 5.78 Å². The van der Waals surface area contributed by atoms with Crippen LogP contribution in [-0.2, 0) is 17.9 Å². The van der Waals surface area contributed by atoms with Crippen molar-refractivity contribution in [3.8, 4) is 5.88 Å². The Morgan fingerprint density at radius 3 is 2.57 bits per heavy atom. The summed E-state index contributed by atoms with van der Waals surface area (Å²) in [6, 6.07) is 15.4. The smallest absolute Gasteiger partial charge is 0.253 e. The summed E-state index contributed by atoms with van der Waals surface area (Å²) in [5, 5.41) is 3.15. The van der Waals surface area contributed by atoms with Crippen LogP contribution in [-0.4, -0.2) is 35.0 Å². The molecule has 4 rings (SSSR count). The second-order valence-electron chi connectivity index (χ2n) is 8.81. The van der Waals surface area contributed by atoms with Gasteiger partial charge in [-0.3, -0.25) is 9.59 Å². The molecule has 0 spiro atoms. The first-order valence-electron chi connectivity index (χ1n) is 12.2. The average molecular weight is 476 g/mol. The number of Topliss-reactive ketones (excluding diaryl/α,β-unsaturated/α-hetero) is 1. The number of nitrogens with zero attached hydrogens (tertiary/aromatic N) is 2. The predicted octanol–water partition coefficient (Wildman–Crippen LogP) is 5.07. The maximum atomic E-state index is 13.5. The third-order valence-corrected chi connectivity index (χ3v) is 6.72. The van der Waals surface area contributed by atoms with Gasteiger partial charge in [0.05, 0.1) is 43.3 Å². The van der Waals surface area contributed by atoms with E-state index in [1.54, 1.807) is 19.4 Å². The summed E-state index contributed by atoms with van der Waals surface area (Å²) in [5.74, 6) is 0.421. The summed E-state index contributed by atoms with van der Waals surface area (Å²) >= 11 is 0. The molecular formula is C28H33N3O4. The minimum absolute atomic E-state index is 0.0185. The van der Waals surface area contributed by atoms with Gasteiger partial charge in [-0.05, 0) is 36.0 Å². The number of amides is 1. The van der Waals surface area contributed by atoms with E-state index in [0.717, 1.165) is 29.7 Å². The number of methoxy groups -OCH3 is 1. The van der Waals surface area contributed by atoms with E-state index in [1.165, 1.54) is 0 Å². The Morgan fingerprint density at radius 2 is 1.91 bits per heavy atom. The van der Waals surface area contributed by atoms with Crippen LogP contribution in [0.4, 0.5) is 0 Å². The van der Waals surface area contributed by atoms with E-state index < -0.39 is 0 Å². The van der Waals surface area contributed by atoms with Crippen molar-refractivity contribution in [1.82, 2.24) is 14.9 Å². The molecule has 0 saturated heterocycles. The van der Waals surface area contributed by atoms with Crippen LogP contribution >= 0.6 is 0 Å². The van der Waals surface area contributed by atoms with Crippen LogP contribution in [0.3, 0.4) is 0 Å². The van der Waals surface area contributed by atoms with Gasteiger partial charge in [-0.25, -0.2) is 4.98 Å². The molecule has 1 amide bonds. The standard InChI is InChI=1S/C28H33N3O4/c1-4-19(21-11-12-27(34-3)29-17-21)15-26(32)24-16-22(25-18-35-14-13-31(24)25)28(33)30-23(5-2)20-9-7-6-8-10-20/h6-12,16-17,19,23H,4-5,13-15,18H2,1-3H3,(H,30,33)/t19-,23+/m0/s1. The maximum Gasteiger partial charge on any atom is 0.253 e. The van der Waals surface area contributed by atoms with Crippen LogP contribution in [0, 0.1) is 0 Å². The number of pyridine rings is 1. The molecule has 0 aliphatic carbocycles. The highest BCUT2D eigenvalue weighted by atomic mass is 16.5. The fourth-order valence-electron chi connectivity index (χ4n) is 4.67. The molecule has 0 radical (unpaired) electrons. The second kappa shape index (κ2) is 11.3. The Kier molecular flexibility index (Phi) is 7.98. The largest absolute Gasteiger partial charge is 0.481 e. The van der Waals surface area contributed by atoms with E-state index in [0.29, 0.717) is 43.3 Å². The van der Waals surface area contributed by atoms with Crippen molar-refractivity contribution in [2.45, 2.75) is 58.2 Å². The third-order valence-electron chi connectivity index (χ3n) is 6.72. The fourth-order valence-corrected chi connectivity index (χ4v) is 4.67. The molecule has 1 N–H and O–H groups in total. The first kappa shape index (κ1) is 24.7. The van der Waals surface area contributed by atoms with Crippen LogP contribution in [0.25, 0.3) is 0 Å². The molecule has 35 heavy (non-hydrogen) atoms. The highest BCUT2D eigenvalue weighted by Crippen LogP contribution is 2.29. The van der Waals surface area contributed by atoms with Gasteiger partial charge in [-0.2, -0.15) is 0 Å². The molecule has 3 heterocycles. The van der Waals surface area contributed by atoms with Crippen LogP contribution in [0.15, 0.2) is 54.7 Å². The van der Waals surface area contributed by atoms with Gasteiger partial charge in [0, 0.05) is 25.2 Å². The quantitative estimate of drug-likeness (QED) is 0.414. The minimum atomic E-state index is -0.180. The molecule has 2 atom stereocenters. The SMILES string of the molecule is CC[C@@H](CC(=O)c1cc(C(=O)N[C@H](CC)c2ccccc2)c2n1CCOC2)c1ccc(OC)nc1. The molecule has 1 aromatic carbocycles. The molecule has 7 nitrogen and oxygen atoms in total. The highest BCUT2D eigenvalue weighted by molar-refractivity contribution is 6.01. The van der Waals surface area contributed by atoms with Gasteiger partial charge in [0.25, 0.3) is 5.91 Å². The lowest BCUT2D eigenvalue weighted by Gasteiger charge is -2.21. The number of aromatic nitrogens is 2. The molecular weight excluding hydrogens is 442 g/mol. The van der Waals surface area contributed by atoms with E-state index in [9.17, 15) is 9.59 Å². The molecule has 184 valence electrons. The number of carbonyl (C=O) groups excluding carboxylic acids is 2. The number of hydrogen-bond acceptors (Lipinski definition) is 5. The van der Waals surface area contributed by atoms with Gasteiger partial charge < -0.3 is 19.4 Å². The molecule has 7 heteroatoms. The Bertz CT molecular complexity index is 1150. The number of carbonyl (C=O) groups is 2. The number of rotatable bonds is 10. The molecule has 1 aliphatic heterocycles. The molecule has 0 unspecified atom stereocenters. The van der Waals surface area contributed by atoms with Gasteiger partial charge in [-0.15, -0.1) is 0 Å². The van der Waals surface area contributed by atoms with Crippen molar-refractivity contribution in [3.63, 3.8) is 0 Å². The van der Waals surface area contributed by atoms with Gasteiger partial charge in [0.1, 0.15) is 0 Å². The molecule has 1 aliphatic rings. The van der Waals surface area contributed by atoms with Crippen LogP contribution in [0.1, 0.15) is 82.7 Å². The summed E-state index contributed by atoms with van der Waals surface area (Å²) in [6.45, 7) is 5.50. The number of hydrogen-bond donors (Lipinski definition) is 1. The van der Waals surface area contributed by atoms with Crippen LogP contribution in [0.2, 0.25) is 0 Å². The van der Waals surface area contributed by atoms with Crippen LogP contribution in [0.5, 0.6) is 5.88 Å². The Labute approximate surface area is 206 Å². The van der Waals surface area contributed by atoms with Crippen molar-refractivity contribution in [1.29, 1.82) is 0 Å². The summed E-state index contributed by atoms with van der Waals surface area (Å²) in [5.41, 5.74) is 3.91. The Hall–Kier alpha value is -3.45. The van der Waals surface area contributed by atoms with Gasteiger partial charge >= 0.3 is 0 Å². The van der Waals surface area contributed by atoms with Crippen molar-refractivity contribution < 1.29 is 19.1 Å². The highest BCUT2D eigenvalue weighted by Gasteiger charge is 2.28. The summed E-state index contributed by atoms with van der Waals surface area (Å²) in [6.07, 6.45) is 3.69. The number of fused-ring (bicyclic) bond motifs is 1. The van der Waals surface area contributed by atoms with E-state index in [1.807, 2.05) is 54.0 Å². The summed E-state index contributed by atoms with van der Waals surface area (Å²) in [4.78, 5) is 31.1. The molecule has 0 bridgehead atoms. The predicted molar refractivity (Wildman–Crippen MR) is 134 cm³/mol. The van der Waals surface area contributed by atoms with Crippen molar-refractivity contribution in [2.24, 2.45) is 0 Å². The lowest BCUT2D eigenvalue weighted by Crippen LogP contribution is -2.29. The van der Waals surface area contributed by atoms with E-state index in [2.05, 4.69) is 17.2 Å². The first-order chi connectivity index (χ1) is 17.0. The van der Waals surface area contributed by atoms with Crippen molar-refractivity contribution in [3.05, 3.63) is 82.8 Å². The zero-order chi connectivity index (χ0) is 24.8. The molecule has 0 fully saturated rings. The minimum Gasteiger partial charge on any atom is -0.481 e. The number of benzene rings is 1. The Balaban J connectivity index is 1.57. The van der Waals surface area contributed by atoms with E-state index in [-0.39, 0.29) is 23.7 Å². The molecule has 3 aromatic rings. The topological polar surface area (TPSA) is 82.5 Å². The van der Waals surface area contributed by atoms with Gasteiger partial charge in [0.2, 0.25) is 5.88 Å². The zero-order valence-corrected chi connectivity index (χ0v) is 20.6. The average Bonchev–Trinajstić information content (AvgIpc) is 3.31. The summed E-state index contributed by atoms with van der Waals surface area (Å²) < 4.78 is 12.8. The lowest BCUT2D eigenvalue weighted by molar-refractivity contribution is 0.0780.